The lowest BCUT2D eigenvalue weighted by molar-refractivity contribution is -0.139. The summed E-state index contributed by atoms with van der Waals surface area (Å²) < 4.78 is 52.7. The van der Waals surface area contributed by atoms with Gasteiger partial charge in [0.25, 0.3) is 5.91 Å². The summed E-state index contributed by atoms with van der Waals surface area (Å²) in [4.78, 5) is 14.9. The highest BCUT2D eigenvalue weighted by molar-refractivity contribution is 6.10. The van der Waals surface area contributed by atoms with Crippen LogP contribution in [0.1, 0.15) is 35.2 Å². The van der Waals surface area contributed by atoms with Crippen LogP contribution in [0.4, 0.5) is 28.9 Å². The average Bonchev–Trinajstić information content (AvgIpc) is 2.74. The summed E-state index contributed by atoms with van der Waals surface area (Å²) in [6.45, 7) is 1.45. The van der Waals surface area contributed by atoms with Crippen LogP contribution in [0, 0.1) is 5.82 Å². The lowest BCUT2D eigenvalue weighted by Crippen LogP contribution is -2.35. The minimum Gasteiger partial charge on any atom is -0.355 e. The number of amides is 1. The van der Waals surface area contributed by atoms with Crippen LogP contribution in [-0.4, -0.2) is 23.9 Å². The highest BCUT2D eigenvalue weighted by Gasteiger charge is 2.34. The molecular formula is C23H20F4N2O. The molecule has 1 amide bonds. The van der Waals surface area contributed by atoms with E-state index < -0.39 is 17.6 Å². The van der Waals surface area contributed by atoms with Crippen LogP contribution in [0.25, 0.3) is 10.8 Å². The van der Waals surface area contributed by atoms with Gasteiger partial charge < -0.3 is 10.2 Å². The second-order valence-corrected chi connectivity index (χ2v) is 7.38. The van der Waals surface area contributed by atoms with Gasteiger partial charge in [0.05, 0.1) is 5.56 Å². The zero-order valence-corrected chi connectivity index (χ0v) is 16.1. The first-order valence-corrected chi connectivity index (χ1v) is 9.79. The van der Waals surface area contributed by atoms with Crippen molar-refractivity contribution in [2.45, 2.75) is 25.4 Å². The number of halogens is 4. The van der Waals surface area contributed by atoms with E-state index in [2.05, 4.69) is 5.32 Å². The fourth-order valence-corrected chi connectivity index (χ4v) is 3.84. The van der Waals surface area contributed by atoms with Crippen molar-refractivity contribution in [3.8, 4) is 0 Å². The Labute approximate surface area is 171 Å². The number of carbonyl (C=O) groups is 1. The average molecular weight is 416 g/mol. The lowest BCUT2D eigenvalue weighted by atomic mass is 10.0. The fourth-order valence-electron chi connectivity index (χ4n) is 3.84. The molecule has 156 valence electrons. The van der Waals surface area contributed by atoms with Gasteiger partial charge in [0.15, 0.2) is 0 Å². The van der Waals surface area contributed by atoms with Gasteiger partial charge in [0.1, 0.15) is 5.82 Å². The second kappa shape index (κ2) is 7.97. The molecule has 1 aliphatic rings. The van der Waals surface area contributed by atoms with E-state index in [4.69, 9.17) is 0 Å². The van der Waals surface area contributed by atoms with Gasteiger partial charge in [0, 0.05) is 35.4 Å². The summed E-state index contributed by atoms with van der Waals surface area (Å²) in [7, 11) is 0. The quantitative estimate of drug-likeness (QED) is 0.504. The maximum atomic E-state index is 13.6. The van der Waals surface area contributed by atoms with E-state index >= 15 is 0 Å². The van der Waals surface area contributed by atoms with Crippen molar-refractivity contribution in [3.63, 3.8) is 0 Å². The molecule has 0 spiro atoms. The first-order chi connectivity index (χ1) is 14.3. The minimum atomic E-state index is -4.78. The van der Waals surface area contributed by atoms with Crippen molar-refractivity contribution in [2.75, 3.05) is 18.4 Å². The highest BCUT2D eigenvalue weighted by Crippen LogP contribution is 2.35. The molecule has 0 radical (unpaired) electrons. The van der Waals surface area contributed by atoms with Gasteiger partial charge in [-0.05, 0) is 55.0 Å². The van der Waals surface area contributed by atoms with Crippen molar-refractivity contribution < 1.29 is 22.4 Å². The number of carbonyl (C=O) groups excluding carboxylic acids is 1. The second-order valence-electron chi connectivity index (χ2n) is 7.38. The van der Waals surface area contributed by atoms with Crippen LogP contribution in [0.15, 0.2) is 54.6 Å². The Hall–Kier alpha value is -3.09. The van der Waals surface area contributed by atoms with E-state index in [1.54, 1.807) is 24.3 Å². The van der Waals surface area contributed by atoms with Crippen molar-refractivity contribution in [1.29, 1.82) is 0 Å². The predicted molar refractivity (Wildman–Crippen MR) is 108 cm³/mol. The lowest BCUT2D eigenvalue weighted by Gasteiger charge is -2.27. The van der Waals surface area contributed by atoms with E-state index in [1.165, 1.54) is 6.07 Å². The van der Waals surface area contributed by atoms with Gasteiger partial charge in [-0.2, -0.15) is 13.2 Å². The Bertz CT molecular complexity index is 1090. The number of rotatable bonds is 3. The molecule has 1 aliphatic heterocycles. The summed E-state index contributed by atoms with van der Waals surface area (Å²) in [5.41, 5.74) is -0.105. The Morgan fingerprint density at radius 3 is 2.30 bits per heavy atom. The molecule has 1 fully saturated rings. The zero-order valence-electron chi connectivity index (χ0n) is 16.1. The summed E-state index contributed by atoms with van der Waals surface area (Å²) in [6.07, 6.45) is -1.70. The molecule has 0 unspecified atom stereocenters. The standard InChI is InChI=1S/C23H20F4N2O/c24-20-10-8-15(14-19(20)23(25,26)27)28-21-11-9-18(16-6-2-3-7-17(16)21)22(30)29-12-4-1-5-13-29/h2-3,6-11,14,28H,1,4-5,12-13H2. The molecule has 0 aromatic heterocycles. The van der Waals surface area contributed by atoms with Gasteiger partial charge in [-0.15, -0.1) is 0 Å². The topological polar surface area (TPSA) is 32.3 Å². The van der Waals surface area contributed by atoms with Crippen LogP contribution < -0.4 is 5.32 Å². The van der Waals surface area contributed by atoms with Crippen molar-refractivity contribution >= 4 is 28.1 Å². The molecule has 0 bridgehead atoms. The molecule has 30 heavy (non-hydrogen) atoms. The smallest absolute Gasteiger partial charge is 0.355 e. The SMILES string of the molecule is O=C(c1ccc(Nc2ccc(F)c(C(F)(F)F)c2)c2ccccc12)N1CCCCC1. The van der Waals surface area contributed by atoms with Crippen LogP contribution >= 0.6 is 0 Å². The molecule has 7 heteroatoms. The molecular weight excluding hydrogens is 396 g/mol. The number of fused-ring (bicyclic) bond motifs is 1. The third-order valence-corrected chi connectivity index (χ3v) is 5.35. The van der Waals surface area contributed by atoms with Crippen LogP contribution in [0.3, 0.4) is 0 Å². The fraction of sp³-hybridized carbons (Fsp3) is 0.261. The molecule has 0 saturated carbocycles. The number of likely N-dealkylation sites (tertiary alicyclic amines) is 1. The third-order valence-electron chi connectivity index (χ3n) is 5.35. The zero-order chi connectivity index (χ0) is 21.3. The molecule has 4 rings (SSSR count). The first-order valence-electron chi connectivity index (χ1n) is 9.79. The molecule has 3 nitrogen and oxygen atoms in total. The van der Waals surface area contributed by atoms with Crippen LogP contribution in [-0.2, 0) is 6.18 Å². The van der Waals surface area contributed by atoms with Crippen molar-refractivity contribution in [3.05, 3.63) is 71.5 Å². The van der Waals surface area contributed by atoms with Crippen LogP contribution in [0.2, 0.25) is 0 Å². The van der Waals surface area contributed by atoms with Gasteiger partial charge in [0.2, 0.25) is 0 Å². The number of nitrogens with zero attached hydrogens (tertiary/aromatic N) is 1. The molecule has 0 aliphatic carbocycles. The molecule has 1 heterocycles. The molecule has 1 N–H and O–H groups in total. The van der Waals surface area contributed by atoms with Gasteiger partial charge in [-0.1, -0.05) is 24.3 Å². The molecule has 0 atom stereocenters. The summed E-state index contributed by atoms with van der Waals surface area (Å²) in [5.74, 6) is -1.36. The van der Waals surface area contributed by atoms with Crippen molar-refractivity contribution in [2.24, 2.45) is 0 Å². The maximum absolute atomic E-state index is 13.6. The van der Waals surface area contributed by atoms with Gasteiger partial charge in [-0.3, -0.25) is 4.79 Å². The van der Waals surface area contributed by atoms with Crippen LogP contribution in [0.5, 0.6) is 0 Å². The maximum Gasteiger partial charge on any atom is 0.419 e. The number of piperidine rings is 1. The Kier molecular flexibility index (Phi) is 5.37. The number of alkyl halides is 3. The summed E-state index contributed by atoms with van der Waals surface area (Å²) in [6, 6.07) is 13.4. The third kappa shape index (κ3) is 3.97. The summed E-state index contributed by atoms with van der Waals surface area (Å²) in [5, 5.41) is 4.37. The largest absolute Gasteiger partial charge is 0.419 e. The molecule has 3 aromatic carbocycles. The van der Waals surface area contributed by atoms with E-state index in [0.717, 1.165) is 49.9 Å². The summed E-state index contributed by atoms with van der Waals surface area (Å²) >= 11 is 0. The van der Waals surface area contributed by atoms with Crippen molar-refractivity contribution in [1.82, 2.24) is 4.90 Å². The molecule has 3 aromatic rings. The number of hydrogen-bond acceptors (Lipinski definition) is 2. The van der Waals surface area contributed by atoms with E-state index in [1.807, 2.05) is 17.0 Å². The number of hydrogen-bond donors (Lipinski definition) is 1. The normalized spacial score (nSPS) is 14.7. The monoisotopic (exact) mass is 416 g/mol. The Balaban J connectivity index is 1.71. The van der Waals surface area contributed by atoms with Gasteiger partial charge >= 0.3 is 6.18 Å². The number of nitrogens with one attached hydrogen (secondary N) is 1. The minimum absolute atomic E-state index is 0.0430. The van der Waals surface area contributed by atoms with E-state index in [9.17, 15) is 22.4 Å². The Morgan fingerprint density at radius 1 is 0.900 bits per heavy atom. The molecule has 1 saturated heterocycles. The predicted octanol–water partition coefficient (Wildman–Crippen LogP) is 6.37. The Morgan fingerprint density at radius 2 is 1.60 bits per heavy atom. The number of anilines is 2. The number of benzene rings is 3. The first kappa shape index (κ1) is 20.2. The van der Waals surface area contributed by atoms with E-state index in [-0.39, 0.29) is 11.6 Å². The van der Waals surface area contributed by atoms with E-state index in [0.29, 0.717) is 16.6 Å². The van der Waals surface area contributed by atoms with Gasteiger partial charge in [-0.25, -0.2) is 4.39 Å². The highest BCUT2D eigenvalue weighted by atomic mass is 19.4.